The third-order valence-corrected chi connectivity index (χ3v) is 5.05. The molecule has 0 unspecified atom stereocenters. The number of halogens is 2. The van der Waals surface area contributed by atoms with Gasteiger partial charge < -0.3 is 14.9 Å². The van der Waals surface area contributed by atoms with Gasteiger partial charge in [-0.05, 0) is 35.9 Å². The molecule has 3 rings (SSSR count). The van der Waals surface area contributed by atoms with Gasteiger partial charge in [0.2, 0.25) is 5.91 Å². The molecule has 0 atom stereocenters. The summed E-state index contributed by atoms with van der Waals surface area (Å²) < 4.78 is 0. The Morgan fingerprint density at radius 1 is 1.04 bits per heavy atom. The Morgan fingerprint density at radius 2 is 1.70 bits per heavy atom. The van der Waals surface area contributed by atoms with Crippen LogP contribution < -0.4 is 0 Å². The molecule has 1 aliphatic rings. The summed E-state index contributed by atoms with van der Waals surface area (Å²) >= 11 is 12.4. The number of rotatable bonds is 3. The second-order valence-corrected chi connectivity index (χ2v) is 7.02. The van der Waals surface area contributed by atoms with Crippen LogP contribution >= 0.6 is 23.2 Å². The zero-order valence-corrected chi connectivity index (χ0v) is 16.0. The minimum absolute atomic E-state index is 0.134. The minimum Gasteiger partial charge on any atom is -0.507 e. The molecule has 0 radical (unpaired) electrons. The van der Waals surface area contributed by atoms with Crippen LogP contribution in [0.2, 0.25) is 10.0 Å². The summed E-state index contributed by atoms with van der Waals surface area (Å²) in [6.07, 6.45) is 1.26. The van der Waals surface area contributed by atoms with Gasteiger partial charge >= 0.3 is 0 Å². The number of hydrogen-bond acceptors (Lipinski definition) is 3. The van der Waals surface area contributed by atoms with Crippen molar-refractivity contribution in [2.45, 2.75) is 0 Å². The van der Waals surface area contributed by atoms with E-state index in [9.17, 15) is 14.7 Å². The molecular weight excluding hydrogens is 387 g/mol. The summed E-state index contributed by atoms with van der Waals surface area (Å²) in [4.78, 5) is 27.7. The van der Waals surface area contributed by atoms with Crippen molar-refractivity contribution in [2.24, 2.45) is 0 Å². The van der Waals surface area contributed by atoms with Gasteiger partial charge in [-0.15, -0.1) is 0 Å². The van der Waals surface area contributed by atoms with E-state index in [1.165, 1.54) is 18.2 Å². The van der Waals surface area contributed by atoms with Crippen LogP contribution in [0.15, 0.2) is 49.1 Å². The van der Waals surface area contributed by atoms with Crippen molar-refractivity contribution in [1.29, 1.82) is 0 Å². The Morgan fingerprint density at radius 3 is 2.33 bits per heavy atom. The molecule has 1 aliphatic heterocycles. The van der Waals surface area contributed by atoms with Crippen molar-refractivity contribution in [3.63, 3.8) is 0 Å². The van der Waals surface area contributed by atoms with Gasteiger partial charge in [0.1, 0.15) is 5.75 Å². The molecule has 0 aromatic heterocycles. The molecule has 5 nitrogen and oxygen atoms in total. The molecule has 0 spiro atoms. The molecule has 0 saturated carbocycles. The SMILES string of the molecule is C=CC(=O)N1CCN(C(=O)c2cc(Cl)c(-c3cccc(Cl)c3)cc2O)CC1. The summed E-state index contributed by atoms with van der Waals surface area (Å²) in [6.45, 7) is 5.08. The maximum absolute atomic E-state index is 12.8. The van der Waals surface area contributed by atoms with Crippen LogP contribution in [0.3, 0.4) is 0 Å². The van der Waals surface area contributed by atoms with Gasteiger partial charge in [0.15, 0.2) is 0 Å². The molecule has 0 aliphatic carbocycles. The Hall–Kier alpha value is -2.50. The van der Waals surface area contributed by atoms with Crippen molar-refractivity contribution in [3.05, 3.63) is 64.7 Å². The van der Waals surface area contributed by atoms with E-state index in [0.717, 1.165) is 5.56 Å². The zero-order chi connectivity index (χ0) is 19.6. The lowest BCUT2D eigenvalue weighted by Crippen LogP contribution is -2.50. The summed E-state index contributed by atoms with van der Waals surface area (Å²) in [7, 11) is 0. The highest BCUT2D eigenvalue weighted by Crippen LogP contribution is 2.35. The number of phenolic OH excluding ortho intramolecular Hbond substituents is 1. The third kappa shape index (κ3) is 4.10. The summed E-state index contributed by atoms with van der Waals surface area (Å²) in [6, 6.07) is 10.0. The van der Waals surface area contributed by atoms with Crippen molar-refractivity contribution >= 4 is 35.0 Å². The Bertz CT molecular complexity index is 906. The largest absolute Gasteiger partial charge is 0.507 e. The van der Waals surface area contributed by atoms with Crippen LogP contribution in [-0.2, 0) is 4.79 Å². The molecule has 27 heavy (non-hydrogen) atoms. The second kappa shape index (κ2) is 8.03. The number of piperazine rings is 1. The Kier molecular flexibility index (Phi) is 5.73. The Labute approximate surface area is 167 Å². The van der Waals surface area contributed by atoms with Crippen LogP contribution in [0.1, 0.15) is 10.4 Å². The van der Waals surface area contributed by atoms with Gasteiger partial charge in [0.05, 0.1) is 5.56 Å². The molecular formula is C20H18Cl2N2O3. The predicted molar refractivity (Wildman–Crippen MR) is 106 cm³/mol. The minimum atomic E-state index is -0.322. The fourth-order valence-electron chi connectivity index (χ4n) is 3.04. The van der Waals surface area contributed by atoms with Crippen LogP contribution in [0.25, 0.3) is 11.1 Å². The number of benzene rings is 2. The molecule has 1 fully saturated rings. The number of amides is 2. The standard InChI is InChI=1S/C20H18Cl2N2O3/c1-2-19(26)23-6-8-24(9-7-23)20(27)16-11-17(22)15(12-18(16)25)13-4-3-5-14(21)10-13/h2-5,10-12,25H,1,6-9H2. The highest BCUT2D eigenvalue weighted by Gasteiger charge is 2.26. The molecule has 2 aromatic carbocycles. The third-order valence-electron chi connectivity index (χ3n) is 4.50. The van der Waals surface area contributed by atoms with Crippen LogP contribution in [-0.4, -0.2) is 52.9 Å². The maximum atomic E-state index is 12.8. The van der Waals surface area contributed by atoms with Crippen LogP contribution in [0, 0.1) is 0 Å². The highest BCUT2D eigenvalue weighted by molar-refractivity contribution is 6.34. The van der Waals surface area contributed by atoms with Crippen molar-refractivity contribution in [2.75, 3.05) is 26.2 Å². The molecule has 7 heteroatoms. The number of phenols is 1. The van der Waals surface area contributed by atoms with E-state index in [1.807, 2.05) is 6.07 Å². The normalized spacial score (nSPS) is 14.1. The average molecular weight is 405 g/mol. The molecule has 1 N–H and O–H groups in total. The molecule has 2 amide bonds. The number of hydrogen-bond donors (Lipinski definition) is 1. The van der Waals surface area contributed by atoms with Gasteiger partial charge in [-0.25, -0.2) is 0 Å². The predicted octanol–water partition coefficient (Wildman–Crippen LogP) is 3.84. The van der Waals surface area contributed by atoms with E-state index in [2.05, 4.69) is 6.58 Å². The zero-order valence-electron chi connectivity index (χ0n) is 14.5. The number of aromatic hydroxyl groups is 1. The first-order valence-electron chi connectivity index (χ1n) is 8.39. The Balaban J connectivity index is 1.81. The first-order chi connectivity index (χ1) is 12.9. The summed E-state index contributed by atoms with van der Waals surface area (Å²) in [5, 5.41) is 11.3. The van der Waals surface area contributed by atoms with Gasteiger partial charge in [-0.1, -0.05) is 41.9 Å². The fourth-order valence-corrected chi connectivity index (χ4v) is 3.50. The van der Waals surface area contributed by atoms with E-state index in [4.69, 9.17) is 23.2 Å². The number of carbonyl (C=O) groups is 2. The first-order valence-corrected chi connectivity index (χ1v) is 9.15. The lowest BCUT2D eigenvalue weighted by Gasteiger charge is -2.34. The molecule has 0 bridgehead atoms. The van der Waals surface area contributed by atoms with E-state index in [0.29, 0.717) is 41.8 Å². The molecule has 2 aromatic rings. The first kappa shape index (κ1) is 19.3. The lowest BCUT2D eigenvalue weighted by atomic mass is 10.0. The molecule has 1 heterocycles. The van der Waals surface area contributed by atoms with Crippen LogP contribution in [0.4, 0.5) is 0 Å². The summed E-state index contributed by atoms with van der Waals surface area (Å²) in [5.41, 5.74) is 1.47. The van der Waals surface area contributed by atoms with Gasteiger partial charge in [0, 0.05) is 41.8 Å². The van der Waals surface area contributed by atoms with Crippen LogP contribution in [0.5, 0.6) is 5.75 Å². The van der Waals surface area contributed by atoms with Crippen molar-refractivity contribution in [1.82, 2.24) is 9.80 Å². The topological polar surface area (TPSA) is 60.9 Å². The van der Waals surface area contributed by atoms with E-state index >= 15 is 0 Å². The lowest BCUT2D eigenvalue weighted by molar-refractivity contribution is -0.127. The van der Waals surface area contributed by atoms with Crippen molar-refractivity contribution in [3.8, 4) is 16.9 Å². The van der Waals surface area contributed by atoms with Gasteiger partial charge in [0.25, 0.3) is 5.91 Å². The van der Waals surface area contributed by atoms with E-state index in [1.54, 1.807) is 28.0 Å². The number of carbonyl (C=O) groups excluding carboxylic acids is 2. The maximum Gasteiger partial charge on any atom is 0.257 e. The average Bonchev–Trinajstić information content (AvgIpc) is 2.68. The quantitative estimate of drug-likeness (QED) is 0.790. The smallest absolute Gasteiger partial charge is 0.257 e. The van der Waals surface area contributed by atoms with Gasteiger partial charge in [-0.2, -0.15) is 0 Å². The number of nitrogens with zero attached hydrogens (tertiary/aromatic N) is 2. The second-order valence-electron chi connectivity index (χ2n) is 6.18. The van der Waals surface area contributed by atoms with E-state index in [-0.39, 0.29) is 23.1 Å². The molecule has 140 valence electrons. The van der Waals surface area contributed by atoms with E-state index < -0.39 is 0 Å². The fraction of sp³-hybridized carbons (Fsp3) is 0.200. The van der Waals surface area contributed by atoms with Crippen molar-refractivity contribution < 1.29 is 14.7 Å². The monoisotopic (exact) mass is 404 g/mol. The van der Waals surface area contributed by atoms with Gasteiger partial charge in [-0.3, -0.25) is 9.59 Å². The summed E-state index contributed by atoms with van der Waals surface area (Å²) in [5.74, 6) is -0.624. The molecule has 1 saturated heterocycles. The highest BCUT2D eigenvalue weighted by atomic mass is 35.5.